The predicted molar refractivity (Wildman–Crippen MR) is 101 cm³/mol. The first kappa shape index (κ1) is 17.3. The first-order valence-corrected chi connectivity index (χ1v) is 9.43. The predicted octanol–water partition coefficient (Wildman–Crippen LogP) is 2.06. The lowest BCUT2D eigenvalue weighted by Gasteiger charge is -2.18. The molecule has 1 aliphatic heterocycles. The number of fused-ring (bicyclic) bond motifs is 1. The van der Waals surface area contributed by atoms with Crippen molar-refractivity contribution in [1.29, 1.82) is 0 Å². The molecule has 0 fully saturated rings. The van der Waals surface area contributed by atoms with Gasteiger partial charge in [-0.2, -0.15) is 5.10 Å². The molecule has 8 nitrogen and oxygen atoms in total. The smallest absolute Gasteiger partial charge is 0.284 e. The average Bonchev–Trinajstić information content (AvgIpc) is 3.24. The summed E-state index contributed by atoms with van der Waals surface area (Å²) < 4.78 is 0. The highest BCUT2D eigenvalue weighted by Gasteiger charge is 2.25. The number of carbonyl (C=O) groups excluding carboxylic acids is 2. The van der Waals surface area contributed by atoms with Crippen molar-refractivity contribution in [2.75, 3.05) is 18.4 Å². The van der Waals surface area contributed by atoms with Gasteiger partial charge in [0.25, 0.3) is 11.8 Å². The minimum absolute atomic E-state index is 0.0796. The number of hydrogen-bond acceptors (Lipinski definition) is 6. The number of H-pyrrole nitrogens is 1. The van der Waals surface area contributed by atoms with E-state index in [1.54, 1.807) is 35.5 Å². The van der Waals surface area contributed by atoms with Crippen molar-refractivity contribution in [3.8, 4) is 0 Å². The fourth-order valence-corrected chi connectivity index (χ4v) is 3.97. The molecule has 4 heterocycles. The summed E-state index contributed by atoms with van der Waals surface area (Å²) in [5.41, 5.74) is 2.82. The van der Waals surface area contributed by atoms with Crippen LogP contribution in [0.25, 0.3) is 0 Å². The number of carbonyl (C=O) groups is 2. The topological polar surface area (TPSA) is 104 Å². The summed E-state index contributed by atoms with van der Waals surface area (Å²) in [5.74, 6) is -0.315. The molecule has 0 radical (unpaired) electrons. The van der Waals surface area contributed by atoms with Gasteiger partial charge in [0, 0.05) is 42.7 Å². The van der Waals surface area contributed by atoms with Crippen LogP contribution in [0.2, 0.25) is 0 Å². The Hall–Kier alpha value is -3.07. The van der Waals surface area contributed by atoms with Gasteiger partial charge < -0.3 is 10.2 Å². The third-order valence-electron chi connectivity index (χ3n) is 4.33. The number of nitrogens with one attached hydrogen (secondary N) is 2. The largest absolute Gasteiger partial charge is 0.336 e. The second-order valence-corrected chi connectivity index (χ2v) is 7.40. The van der Waals surface area contributed by atoms with Crippen LogP contribution in [0.15, 0.2) is 30.6 Å². The minimum Gasteiger partial charge on any atom is -0.336 e. The van der Waals surface area contributed by atoms with E-state index in [-0.39, 0.29) is 11.8 Å². The Bertz CT molecular complexity index is 955. The van der Waals surface area contributed by atoms with Gasteiger partial charge in [-0.1, -0.05) is 0 Å². The molecule has 0 spiro atoms. The van der Waals surface area contributed by atoms with E-state index in [1.165, 1.54) is 11.3 Å². The summed E-state index contributed by atoms with van der Waals surface area (Å²) in [6, 6.07) is 5.30. The monoisotopic (exact) mass is 382 g/mol. The van der Waals surface area contributed by atoms with Gasteiger partial charge in [-0.25, -0.2) is 4.98 Å². The number of nitrogens with zero attached hydrogens (tertiary/aromatic N) is 4. The van der Waals surface area contributed by atoms with Gasteiger partial charge in [-0.15, -0.1) is 11.3 Å². The van der Waals surface area contributed by atoms with Crippen molar-refractivity contribution in [2.24, 2.45) is 0 Å². The number of pyridine rings is 1. The fraction of sp³-hybridized carbons (Fsp3) is 0.278. The van der Waals surface area contributed by atoms with Crippen molar-refractivity contribution in [2.45, 2.75) is 19.8 Å². The highest BCUT2D eigenvalue weighted by Crippen LogP contribution is 2.24. The third kappa shape index (κ3) is 3.72. The number of thiazole rings is 1. The number of amides is 2. The summed E-state index contributed by atoms with van der Waals surface area (Å²) in [6.07, 6.45) is 4.55. The second-order valence-electron chi connectivity index (χ2n) is 6.31. The molecule has 2 N–H and O–H groups in total. The van der Waals surface area contributed by atoms with Crippen LogP contribution in [0, 0.1) is 6.92 Å². The number of rotatable bonds is 3. The highest BCUT2D eigenvalue weighted by atomic mass is 32.1. The maximum Gasteiger partial charge on any atom is 0.284 e. The molecular formula is C18H18N6O2S. The maximum absolute atomic E-state index is 12.6. The van der Waals surface area contributed by atoms with Crippen molar-refractivity contribution in [1.82, 2.24) is 25.1 Å². The Balaban J connectivity index is 1.43. The summed E-state index contributed by atoms with van der Waals surface area (Å²) in [6.45, 7) is 3.01. The molecule has 0 bridgehead atoms. The number of aromatic amines is 1. The van der Waals surface area contributed by atoms with Crippen LogP contribution >= 0.6 is 11.3 Å². The normalized spacial score (nSPS) is 13.7. The van der Waals surface area contributed by atoms with E-state index >= 15 is 0 Å². The minimum atomic E-state index is -0.235. The molecule has 0 saturated heterocycles. The van der Waals surface area contributed by atoms with E-state index in [9.17, 15) is 9.59 Å². The molecule has 0 atom stereocenters. The van der Waals surface area contributed by atoms with Crippen molar-refractivity contribution >= 4 is 28.8 Å². The quantitative estimate of drug-likeness (QED) is 0.722. The van der Waals surface area contributed by atoms with Gasteiger partial charge >= 0.3 is 0 Å². The van der Waals surface area contributed by atoms with E-state index in [4.69, 9.17) is 0 Å². The molecule has 138 valence electrons. The lowest BCUT2D eigenvalue weighted by molar-refractivity contribution is 0.0756. The van der Waals surface area contributed by atoms with E-state index in [0.29, 0.717) is 42.3 Å². The molecule has 9 heteroatoms. The van der Waals surface area contributed by atoms with Crippen LogP contribution in [0.4, 0.5) is 5.69 Å². The van der Waals surface area contributed by atoms with Crippen LogP contribution in [-0.2, 0) is 12.8 Å². The second kappa shape index (κ2) is 7.28. The van der Waals surface area contributed by atoms with Gasteiger partial charge in [0.2, 0.25) is 0 Å². The first-order chi connectivity index (χ1) is 13.1. The van der Waals surface area contributed by atoms with E-state index in [2.05, 4.69) is 25.5 Å². The Morgan fingerprint density at radius 1 is 1.30 bits per heavy atom. The molecule has 0 aliphatic carbocycles. The summed E-state index contributed by atoms with van der Waals surface area (Å²) in [7, 11) is 0. The molecule has 3 aromatic heterocycles. The highest BCUT2D eigenvalue weighted by molar-refractivity contribution is 7.13. The van der Waals surface area contributed by atoms with Crippen LogP contribution in [0.1, 0.15) is 36.6 Å². The molecule has 2 amide bonds. The van der Waals surface area contributed by atoms with Gasteiger partial charge in [-0.3, -0.25) is 19.7 Å². The first-order valence-electron chi connectivity index (χ1n) is 8.61. The lowest BCUT2D eigenvalue weighted by Crippen LogP contribution is -2.33. The van der Waals surface area contributed by atoms with Gasteiger partial charge in [-0.05, 0) is 25.1 Å². The van der Waals surface area contributed by atoms with Crippen LogP contribution in [0.3, 0.4) is 0 Å². The third-order valence-corrected chi connectivity index (χ3v) is 5.49. The van der Waals surface area contributed by atoms with E-state index in [0.717, 1.165) is 16.3 Å². The van der Waals surface area contributed by atoms with Crippen LogP contribution < -0.4 is 5.32 Å². The Kier molecular flexibility index (Phi) is 4.68. The zero-order chi connectivity index (χ0) is 18.8. The molecule has 0 unspecified atom stereocenters. The summed E-state index contributed by atoms with van der Waals surface area (Å²) in [4.78, 5) is 36.3. The SMILES string of the molecule is Cc1cc(C(=O)N2CCc3nc(C(=O)Nc4cccnc4)sc3CC2)n[nH]1. The molecule has 27 heavy (non-hydrogen) atoms. The van der Waals surface area contributed by atoms with Crippen LogP contribution in [-0.4, -0.2) is 50.0 Å². The summed E-state index contributed by atoms with van der Waals surface area (Å²) >= 11 is 1.39. The number of aryl methyl sites for hydroxylation is 1. The Morgan fingerprint density at radius 2 is 2.15 bits per heavy atom. The molecule has 0 aromatic carbocycles. The molecule has 4 rings (SSSR count). The van der Waals surface area contributed by atoms with Crippen molar-refractivity contribution in [3.63, 3.8) is 0 Å². The molecular weight excluding hydrogens is 364 g/mol. The number of hydrogen-bond donors (Lipinski definition) is 2. The average molecular weight is 382 g/mol. The Morgan fingerprint density at radius 3 is 2.89 bits per heavy atom. The van der Waals surface area contributed by atoms with E-state index in [1.807, 2.05) is 6.92 Å². The number of aromatic nitrogens is 4. The van der Waals surface area contributed by atoms with Crippen molar-refractivity contribution in [3.05, 3.63) is 57.6 Å². The number of anilines is 1. The zero-order valence-corrected chi connectivity index (χ0v) is 15.5. The van der Waals surface area contributed by atoms with Crippen LogP contribution in [0.5, 0.6) is 0 Å². The zero-order valence-electron chi connectivity index (χ0n) is 14.7. The molecule has 1 aliphatic rings. The molecule has 0 saturated carbocycles. The fourth-order valence-electron chi connectivity index (χ4n) is 2.97. The maximum atomic E-state index is 12.6. The van der Waals surface area contributed by atoms with Gasteiger partial charge in [0.05, 0.1) is 17.6 Å². The van der Waals surface area contributed by atoms with E-state index < -0.39 is 0 Å². The molecule has 3 aromatic rings. The standard InChI is InChI=1S/C18H18N6O2S/c1-11-9-14(23-22-11)18(26)24-7-4-13-15(5-8-24)27-17(21-13)16(25)20-12-3-2-6-19-10-12/h2-3,6,9-10H,4-5,7-8H2,1H3,(H,20,25)(H,22,23). The Labute approximate surface area is 159 Å². The summed E-state index contributed by atoms with van der Waals surface area (Å²) in [5, 5.41) is 10.1. The van der Waals surface area contributed by atoms with Gasteiger partial charge in [0.15, 0.2) is 5.01 Å². The van der Waals surface area contributed by atoms with Gasteiger partial charge in [0.1, 0.15) is 5.69 Å². The van der Waals surface area contributed by atoms with Crippen molar-refractivity contribution < 1.29 is 9.59 Å². The lowest BCUT2D eigenvalue weighted by atomic mass is 10.2.